The molecule has 0 amide bonds. The molecule has 1 aromatic rings. The number of rotatable bonds is 2. The van der Waals surface area contributed by atoms with Gasteiger partial charge in [-0.2, -0.15) is 0 Å². The molecular weight excluding hydrogens is 209 g/mol. The first kappa shape index (κ1) is 10.8. The van der Waals surface area contributed by atoms with Crippen LogP contribution in [0.2, 0.25) is 0 Å². The first-order chi connectivity index (χ1) is 6.32. The molecule has 6 heteroatoms. The van der Waals surface area contributed by atoms with Gasteiger partial charge in [-0.25, -0.2) is 17.9 Å². The van der Waals surface area contributed by atoms with Crippen molar-refractivity contribution in [2.45, 2.75) is 11.8 Å². The van der Waals surface area contributed by atoms with Crippen LogP contribution in [-0.2, 0) is 10.0 Å². The first-order valence-corrected chi connectivity index (χ1v) is 5.20. The summed E-state index contributed by atoms with van der Waals surface area (Å²) in [6.07, 6.45) is 0. The van der Waals surface area contributed by atoms with Crippen LogP contribution in [0.3, 0.4) is 0 Å². The Balaban J connectivity index is 3.34. The molecule has 2 N–H and O–H groups in total. The maximum Gasteiger partial charge on any atom is 0.238 e. The second-order valence-corrected chi connectivity index (χ2v) is 4.30. The van der Waals surface area contributed by atoms with Gasteiger partial charge in [0.2, 0.25) is 10.0 Å². The van der Waals surface area contributed by atoms with E-state index in [1.54, 1.807) is 0 Å². The third-order valence-electron chi connectivity index (χ3n) is 1.65. The van der Waals surface area contributed by atoms with Crippen molar-refractivity contribution in [2.24, 2.45) is 5.14 Å². The van der Waals surface area contributed by atoms with Crippen molar-refractivity contribution in [2.75, 3.05) is 0 Å². The van der Waals surface area contributed by atoms with E-state index in [1.165, 1.54) is 6.92 Å². The minimum absolute atomic E-state index is 0.155. The van der Waals surface area contributed by atoms with Gasteiger partial charge >= 0.3 is 0 Å². The van der Waals surface area contributed by atoms with Crippen LogP contribution in [0.25, 0.3) is 0 Å². The lowest BCUT2D eigenvalue weighted by Gasteiger charge is -2.01. The normalized spacial score (nSPS) is 11.4. The number of sulfonamides is 1. The van der Waals surface area contributed by atoms with E-state index in [9.17, 15) is 17.6 Å². The lowest BCUT2D eigenvalue weighted by atomic mass is 10.1. The van der Waals surface area contributed by atoms with Crippen LogP contribution in [0.1, 0.15) is 17.3 Å². The molecule has 1 rings (SSSR count). The van der Waals surface area contributed by atoms with Gasteiger partial charge in [-0.05, 0) is 25.1 Å². The topological polar surface area (TPSA) is 77.2 Å². The second-order valence-electron chi connectivity index (χ2n) is 2.74. The summed E-state index contributed by atoms with van der Waals surface area (Å²) < 4.78 is 34.7. The quantitative estimate of drug-likeness (QED) is 0.740. The molecular formula is C8H8FNO3S. The number of carbonyl (C=O) groups excluding carboxylic acids is 1. The van der Waals surface area contributed by atoms with Gasteiger partial charge in [-0.15, -0.1) is 0 Å². The molecule has 0 atom stereocenters. The highest BCUT2D eigenvalue weighted by Crippen LogP contribution is 2.13. The fourth-order valence-electron chi connectivity index (χ4n) is 0.958. The predicted octanol–water partition coefficient (Wildman–Crippen LogP) is 0.676. The fourth-order valence-corrected chi connectivity index (χ4v) is 1.48. The zero-order chi connectivity index (χ0) is 10.9. The number of ketones is 1. The zero-order valence-electron chi connectivity index (χ0n) is 7.32. The molecule has 0 bridgehead atoms. The summed E-state index contributed by atoms with van der Waals surface area (Å²) >= 11 is 0. The van der Waals surface area contributed by atoms with Crippen molar-refractivity contribution in [3.05, 3.63) is 29.6 Å². The number of benzene rings is 1. The Hall–Kier alpha value is -1.27. The van der Waals surface area contributed by atoms with Crippen LogP contribution < -0.4 is 5.14 Å². The molecule has 0 aliphatic rings. The van der Waals surface area contributed by atoms with Crippen molar-refractivity contribution in [1.82, 2.24) is 0 Å². The number of primary sulfonamides is 1. The van der Waals surface area contributed by atoms with Crippen LogP contribution in [0.15, 0.2) is 23.1 Å². The highest BCUT2D eigenvalue weighted by Gasteiger charge is 2.13. The Bertz CT molecular complexity index is 481. The van der Waals surface area contributed by atoms with Crippen molar-refractivity contribution in [1.29, 1.82) is 0 Å². The Morgan fingerprint density at radius 2 is 2.00 bits per heavy atom. The van der Waals surface area contributed by atoms with Gasteiger partial charge < -0.3 is 0 Å². The molecule has 14 heavy (non-hydrogen) atoms. The Morgan fingerprint density at radius 1 is 1.43 bits per heavy atom. The average Bonchev–Trinajstić information content (AvgIpc) is 2.01. The smallest absolute Gasteiger partial charge is 0.238 e. The predicted molar refractivity (Wildman–Crippen MR) is 47.8 cm³/mol. The lowest BCUT2D eigenvalue weighted by Crippen LogP contribution is -2.13. The van der Waals surface area contributed by atoms with E-state index in [0.29, 0.717) is 0 Å². The van der Waals surface area contributed by atoms with Crippen LogP contribution in [-0.4, -0.2) is 14.2 Å². The third-order valence-corrected chi connectivity index (χ3v) is 2.56. The SMILES string of the molecule is CC(=O)c1ccc(S(N)(=O)=O)cc1F. The molecule has 0 saturated carbocycles. The second kappa shape index (κ2) is 3.47. The Labute approximate surface area is 80.6 Å². The van der Waals surface area contributed by atoms with Crippen molar-refractivity contribution in [3.8, 4) is 0 Å². The maximum atomic E-state index is 13.1. The van der Waals surface area contributed by atoms with Gasteiger partial charge in [0.15, 0.2) is 5.78 Å². The van der Waals surface area contributed by atoms with Crippen LogP contribution in [0, 0.1) is 5.82 Å². The zero-order valence-corrected chi connectivity index (χ0v) is 8.14. The van der Waals surface area contributed by atoms with E-state index in [0.717, 1.165) is 18.2 Å². The van der Waals surface area contributed by atoms with E-state index >= 15 is 0 Å². The average molecular weight is 217 g/mol. The molecule has 0 radical (unpaired) electrons. The minimum atomic E-state index is -3.92. The van der Waals surface area contributed by atoms with Gasteiger partial charge in [0.1, 0.15) is 5.82 Å². The van der Waals surface area contributed by atoms with E-state index in [4.69, 9.17) is 5.14 Å². The van der Waals surface area contributed by atoms with Crippen LogP contribution >= 0.6 is 0 Å². The maximum absolute atomic E-state index is 13.1. The number of nitrogens with two attached hydrogens (primary N) is 1. The number of Topliss-reactive ketones (excluding diaryl/α,β-unsaturated/α-hetero) is 1. The molecule has 0 aliphatic carbocycles. The van der Waals surface area contributed by atoms with E-state index < -0.39 is 21.6 Å². The molecule has 4 nitrogen and oxygen atoms in total. The summed E-state index contributed by atoms with van der Waals surface area (Å²) in [6, 6.07) is 2.92. The van der Waals surface area contributed by atoms with Crippen LogP contribution in [0.4, 0.5) is 4.39 Å². The number of hydrogen-bond donors (Lipinski definition) is 1. The highest BCUT2D eigenvalue weighted by atomic mass is 32.2. The van der Waals surface area contributed by atoms with Crippen molar-refractivity contribution in [3.63, 3.8) is 0 Å². The molecule has 1 aromatic carbocycles. The molecule has 0 saturated heterocycles. The fraction of sp³-hybridized carbons (Fsp3) is 0.125. The Kier molecular flexibility index (Phi) is 2.68. The Morgan fingerprint density at radius 3 is 2.36 bits per heavy atom. The summed E-state index contributed by atoms with van der Waals surface area (Å²) in [7, 11) is -3.92. The first-order valence-electron chi connectivity index (χ1n) is 3.65. The molecule has 76 valence electrons. The molecule has 0 spiro atoms. The van der Waals surface area contributed by atoms with Gasteiger partial charge in [0.25, 0.3) is 0 Å². The number of hydrogen-bond acceptors (Lipinski definition) is 3. The molecule has 0 heterocycles. The number of carbonyl (C=O) groups is 1. The monoisotopic (exact) mass is 217 g/mol. The van der Waals surface area contributed by atoms with Gasteiger partial charge in [0.05, 0.1) is 10.5 Å². The van der Waals surface area contributed by atoms with Gasteiger partial charge in [-0.3, -0.25) is 4.79 Å². The van der Waals surface area contributed by atoms with Crippen LogP contribution in [0.5, 0.6) is 0 Å². The van der Waals surface area contributed by atoms with Gasteiger partial charge in [0, 0.05) is 0 Å². The summed E-state index contributed by atoms with van der Waals surface area (Å²) in [5, 5.41) is 4.77. The summed E-state index contributed by atoms with van der Waals surface area (Å²) in [5.41, 5.74) is -0.155. The van der Waals surface area contributed by atoms with Gasteiger partial charge in [-0.1, -0.05) is 0 Å². The minimum Gasteiger partial charge on any atom is -0.294 e. The van der Waals surface area contributed by atoms with E-state index in [-0.39, 0.29) is 10.5 Å². The molecule has 0 fully saturated rings. The largest absolute Gasteiger partial charge is 0.294 e. The summed E-state index contributed by atoms with van der Waals surface area (Å²) in [6.45, 7) is 1.19. The van der Waals surface area contributed by atoms with Crippen molar-refractivity contribution >= 4 is 15.8 Å². The lowest BCUT2D eigenvalue weighted by molar-refractivity contribution is 0.101. The van der Waals surface area contributed by atoms with E-state index in [1.807, 2.05) is 0 Å². The summed E-state index contributed by atoms with van der Waals surface area (Å²) in [5.74, 6) is -1.35. The highest BCUT2D eigenvalue weighted by molar-refractivity contribution is 7.89. The molecule has 0 aliphatic heterocycles. The number of halogens is 1. The van der Waals surface area contributed by atoms with E-state index in [2.05, 4.69) is 0 Å². The molecule has 0 unspecified atom stereocenters. The summed E-state index contributed by atoms with van der Waals surface area (Å²) in [4.78, 5) is 10.5. The third kappa shape index (κ3) is 2.15. The molecule has 0 aromatic heterocycles. The van der Waals surface area contributed by atoms with Crippen molar-refractivity contribution < 1.29 is 17.6 Å². The standard InChI is InChI=1S/C8H8FNO3S/c1-5(11)7-3-2-6(4-8(7)9)14(10,12)13/h2-4H,1H3,(H2,10,12,13).